The van der Waals surface area contributed by atoms with E-state index in [-0.39, 0.29) is 0 Å². The highest BCUT2D eigenvalue weighted by Crippen LogP contribution is 2.20. The second kappa shape index (κ2) is 6.60. The standard InChI is InChI=1S/C17H25N3/c1-5-6-7-15-8-10-16(11-9-15)19-17-18-14(4)12-20(17)13(2)3/h8-13H,5-7H2,1-4H3,(H,18,19). The molecule has 20 heavy (non-hydrogen) atoms. The number of nitrogens with zero attached hydrogens (tertiary/aromatic N) is 2. The van der Waals surface area contributed by atoms with E-state index >= 15 is 0 Å². The molecular weight excluding hydrogens is 246 g/mol. The molecule has 2 aromatic rings. The van der Waals surface area contributed by atoms with Crippen molar-refractivity contribution in [3.63, 3.8) is 0 Å². The topological polar surface area (TPSA) is 29.9 Å². The van der Waals surface area contributed by atoms with Gasteiger partial charge in [0.05, 0.1) is 5.69 Å². The average molecular weight is 271 g/mol. The maximum absolute atomic E-state index is 4.55. The van der Waals surface area contributed by atoms with Crippen molar-refractivity contribution >= 4 is 11.6 Å². The van der Waals surface area contributed by atoms with Gasteiger partial charge >= 0.3 is 0 Å². The van der Waals surface area contributed by atoms with Crippen LogP contribution < -0.4 is 5.32 Å². The summed E-state index contributed by atoms with van der Waals surface area (Å²) >= 11 is 0. The number of unbranched alkanes of at least 4 members (excludes halogenated alkanes) is 1. The quantitative estimate of drug-likeness (QED) is 0.813. The number of imidazole rings is 1. The Labute approximate surface area is 122 Å². The third kappa shape index (κ3) is 3.62. The summed E-state index contributed by atoms with van der Waals surface area (Å²) in [6, 6.07) is 9.09. The Morgan fingerprint density at radius 2 is 1.90 bits per heavy atom. The molecule has 3 heteroatoms. The van der Waals surface area contributed by atoms with Gasteiger partial charge in [0.2, 0.25) is 5.95 Å². The summed E-state index contributed by atoms with van der Waals surface area (Å²) in [5.74, 6) is 0.916. The second-order valence-electron chi connectivity index (χ2n) is 5.63. The van der Waals surface area contributed by atoms with Gasteiger partial charge in [-0.2, -0.15) is 0 Å². The Kier molecular flexibility index (Phi) is 4.83. The minimum atomic E-state index is 0.405. The van der Waals surface area contributed by atoms with E-state index in [9.17, 15) is 0 Å². The lowest BCUT2D eigenvalue weighted by atomic mass is 10.1. The lowest BCUT2D eigenvalue weighted by molar-refractivity contribution is 0.607. The van der Waals surface area contributed by atoms with E-state index < -0.39 is 0 Å². The summed E-state index contributed by atoms with van der Waals surface area (Å²) in [6.07, 6.45) is 5.74. The van der Waals surface area contributed by atoms with E-state index in [1.807, 2.05) is 6.92 Å². The third-order valence-corrected chi connectivity index (χ3v) is 3.44. The van der Waals surface area contributed by atoms with Crippen molar-refractivity contribution in [3.05, 3.63) is 41.7 Å². The lowest BCUT2D eigenvalue weighted by Gasteiger charge is -2.13. The number of aromatic nitrogens is 2. The minimum Gasteiger partial charge on any atom is -0.326 e. The molecule has 0 spiro atoms. The van der Waals surface area contributed by atoms with Crippen LogP contribution in [0.3, 0.4) is 0 Å². The minimum absolute atomic E-state index is 0.405. The predicted molar refractivity (Wildman–Crippen MR) is 85.7 cm³/mol. The fraction of sp³-hybridized carbons (Fsp3) is 0.471. The van der Waals surface area contributed by atoms with Gasteiger partial charge in [-0.25, -0.2) is 4.98 Å². The molecule has 0 saturated heterocycles. The Bertz CT molecular complexity index is 538. The summed E-state index contributed by atoms with van der Waals surface area (Å²) in [6.45, 7) is 8.59. The highest BCUT2D eigenvalue weighted by molar-refractivity contribution is 5.54. The fourth-order valence-electron chi connectivity index (χ4n) is 2.27. The van der Waals surface area contributed by atoms with Gasteiger partial charge < -0.3 is 9.88 Å². The van der Waals surface area contributed by atoms with Gasteiger partial charge in [-0.3, -0.25) is 0 Å². The summed E-state index contributed by atoms with van der Waals surface area (Å²) in [7, 11) is 0. The molecule has 0 aliphatic rings. The lowest BCUT2D eigenvalue weighted by Crippen LogP contribution is -2.05. The van der Waals surface area contributed by atoms with Crippen LogP contribution in [-0.2, 0) is 6.42 Å². The van der Waals surface area contributed by atoms with Gasteiger partial charge in [-0.1, -0.05) is 25.5 Å². The van der Waals surface area contributed by atoms with Crippen molar-refractivity contribution < 1.29 is 0 Å². The first-order valence-corrected chi connectivity index (χ1v) is 7.51. The molecule has 0 fully saturated rings. The SMILES string of the molecule is CCCCc1ccc(Nc2nc(C)cn2C(C)C)cc1. The fourth-order valence-corrected chi connectivity index (χ4v) is 2.27. The molecule has 3 nitrogen and oxygen atoms in total. The van der Waals surface area contributed by atoms with E-state index in [0.717, 1.165) is 23.8 Å². The first-order chi connectivity index (χ1) is 9.60. The first-order valence-electron chi connectivity index (χ1n) is 7.51. The predicted octanol–water partition coefficient (Wildman–Crippen LogP) is 4.86. The molecule has 1 aromatic heterocycles. The number of nitrogens with one attached hydrogen (secondary N) is 1. The molecule has 0 aliphatic carbocycles. The van der Waals surface area contributed by atoms with Gasteiger partial charge in [-0.05, 0) is 51.3 Å². The van der Waals surface area contributed by atoms with Gasteiger partial charge in [-0.15, -0.1) is 0 Å². The van der Waals surface area contributed by atoms with Gasteiger partial charge in [0.1, 0.15) is 0 Å². The zero-order valence-electron chi connectivity index (χ0n) is 13.0. The Morgan fingerprint density at radius 3 is 2.50 bits per heavy atom. The van der Waals surface area contributed by atoms with E-state index in [2.05, 4.69) is 66.1 Å². The maximum Gasteiger partial charge on any atom is 0.207 e. The molecule has 1 aromatic carbocycles. The molecule has 0 atom stereocenters. The van der Waals surface area contributed by atoms with Crippen molar-refractivity contribution in [2.75, 3.05) is 5.32 Å². The van der Waals surface area contributed by atoms with Crippen LogP contribution in [-0.4, -0.2) is 9.55 Å². The molecule has 0 bridgehead atoms. The van der Waals surface area contributed by atoms with Crippen molar-refractivity contribution in [2.45, 2.75) is 53.0 Å². The van der Waals surface area contributed by atoms with Crippen LogP contribution >= 0.6 is 0 Å². The van der Waals surface area contributed by atoms with E-state index in [4.69, 9.17) is 0 Å². The Morgan fingerprint density at radius 1 is 1.20 bits per heavy atom. The average Bonchev–Trinajstić information content (AvgIpc) is 2.79. The van der Waals surface area contributed by atoms with Gasteiger partial charge in [0, 0.05) is 17.9 Å². The molecule has 1 heterocycles. The molecular formula is C17H25N3. The van der Waals surface area contributed by atoms with E-state index in [1.54, 1.807) is 0 Å². The van der Waals surface area contributed by atoms with Crippen molar-refractivity contribution in [1.29, 1.82) is 0 Å². The molecule has 0 radical (unpaired) electrons. The second-order valence-corrected chi connectivity index (χ2v) is 5.63. The molecule has 108 valence electrons. The molecule has 0 aliphatic heterocycles. The molecule has 2 rings (SSSR count). The molecule has 1 N–H and O–H groups in total. The van der Waals surface area contributed by atoms with Gasteiger partial charge in [0.15, 0.2) is 0 Å². The first kappa shape index (κ1) is 14.6. The summed E-state index contributed by atoms with van der Waals surface area (Å²) in [5.41, 5.74) is 3.54. The van der Waals surface area contributed by atoms with Crippen LogP contribution in [0.2, 0.25) is 0 Å². The molecule has 0 amide bonds. The van der Waals surface area contributed by atoms with Crippen LogP contribution in [0.15, 0.2) is 30.5 Å². The van der Waals surface area contributed by atoms with Crippen molar-refractivity contribution in [1.82, 2.24) is 9.55 Å². The summed E-state index contributed by atoms with van der Waals surface area (Å²) in [5, 5.41) is 3.41. The van der Waals surface area contributed by atoms with Crippen LogP contribution in [0.25, 0.3) is 0 Å². The van der Waals surface area contributed by atoms with Crippen molar-refractivity contribution in [2.24, 2.45) is 0 Å². The highest BCUT2D eigenvalue weighted by atomic mass is 15.2. The van der Waals surface area contributed by atoms with E-state index in [0.29, 0.717) is 6.04 Å². The zero-order valence-corrected chi connectivity index (χ0v) is 13.0. The summed E-state index contributed by atoms with van der Waals surface area (Å²) in [4.78, 5) is 4.55. The third-order valence-electron chi connectivity index (χ3n) is 3.44. The monoisotopic (exact) mass is 271 g/mol. The van der Waals surface area contributed by atoms with Crippen molar-refractivity contribution in [3.8, 4) is 0 Å². The van der Waals surface area contributed by atoms with Crippen LogP contribution in [0.4, 0.5) is 11.6 Å². The maximum atomic E-state index is 4.55. The number of anilines is 2. The number of benzene rings is 1. The number of aryl methyl sites for hydroxylation is 2. The number of hydrogen-bond donors (Lipinski definition) is 1. The van der Waals surface area contributed by atoms with Crippen LogP contribution in [0.1, 0.15) is 50.9 Å². The zero-order chi connectivity index (χ0) is 14.5. The summed E-state index contributed by atoms with van der Waals surface area (Å²) < 4.78 is 2.17. The van der Waals surface area contributed by atoms with Crippen LogP contribution in [0, 0.1) is 6.92 Å². The number of rotatable bonds is 6. The Hall–Kier alpha value is -1.77. The highest BCUT2D eigenvalue weighted by Gasteiger charge is 2.08. The number of hydrogen-bond acceptors (Lipinski definition) is 2. The van der Waals surface area contributed by atoms with E-state index in [1.165, 1.54) is 18.4 Å². The smallest absolute Gasteiger partial charge is 0.207 e. The van der Waals surface area contributed by atoms with Crippen LogP contribution in [0.5, 0.6) is 0 Å². The Balaban J connectivity index is 2.10. The molecule has 0 saturated carbocycles. The normalized spacial score (nSPS) is 11.1. The molecule has 0 unspecified atom stereocenters. The largest absolute Gasteiger partial charge is 0.326 e. The van der Waals surface area contributed by atoms with Gasteiger partial charge in [0.25, 0.3) is 0 Å².